The molecule has 0 aromatic carbocycles. The van der Waals surface area contributed by atoms with Gasteiger partial charge in [0.25, 0.3) is 0 Å². The summed E-state index contributed by atoms with van der Waals surface area (Å²) < 4.78 is 0. The van der Waals surface area contributed by atoms with Crippen molar-refractivity contribution >= 4 is 0 Å². The Labute approximate surface area is 89.1 Å². The molecule has 1 fully saturated rings. The van der Waals surface area contributed by atoms with E-state index in [0.717, 1.165) is 18.4 Å². The van der Waals surface area contributed by atoms with Gasteiger partial charge in [0.15, 0.2) is 0 Å². The lowest BCUT2D eigenvalue weighted by atomic mass is 9.90. The van der Waals surface area contributed by atoms with Crippen LogP contribution in [0.2, 0.25) is 0 Å². The monoisotopic (exact) mass is 198 g/mol. The Morgan fingerprint density at radius 1 is 1.21 bits per heavy atom. The summed E-state index contributed by atoms with van der Waals surface area (Å²) in [7, 11) is 2.05. The molecule has 2 nitrogen and oxygen atoms in total. The lowest BCUT2D eigenvalue weighted by Gasteiger charge is -2.39. The third-order valence-electron chi connectivity index (χ3n) is 3.24. The Morgan fingerprint density at radius 3 is 2.14 bits per heavy atom. The van der Waals surface area contributed by atoms with Gasteiger partial charge >= 0.3 is 0 Å². The van der Waals surface area contributed by atoms with Crippen molar-refractivity contribution < 1.29 is 0 Å². The van der Waals surface area contributed by atoms with E-state index in [4.69, 9.17) is 0 Å². The lowest BCUT2D eigenvalue weighted by molar-refractivity contribution is 0.112. The van der Waals surface area contributed by atoms with Crippen LogP contribution >= 0.6 is 0 Å². The van der Waals surface area contributed by atoms with Crippen LogP contribution < -0.4 is 5.32 Å². The highest BCUT2D eigenvalue weighted by atomic mass is 15.2. The summed E-state index contributed by atoms with van der Waals surface area (Å²) in [6.45, 7) is 13.0. The SMILES string of the molecule is CNC(C)(C)CN1CC(C)CC(C)C1. The molecule has 2 unspecified atom stereocenters. The van der Waals surface area contributed by atoms with E-state index in [9.17, 15) is 0 Å². The zero-order valence-electron chi connectivity index (χ0n) is 10.4. The highest BCUT2D eigenvalue weighted by molar-refractivity contribution is 4.84. The van der Waals surface area contributed by atoms with E-state index < -0.39 is 0 Å². The summed E-state index contributed by atoms with van der Waals surface area (Å²) in [5.41, 5.74) is 0.247. The summed E-state index contributed by atoms with van der Waals surface area (Å²) in [5.74, 6) is 1.73. The Balaban J connectivity index is 2.44. The number of likely N-dealkylation sites (tertiary alicyclic amines) is 1. The standard InChI is InChI=1S/C12H26N2/c1-10-6-11(2)8-14(7-10)9-12(3,4)13-5/h10-11,13H,6-9H2,1-5H3. The van der Waals surface area contributed by atoms with Crippen LogP contribution in [0.25, 0.3) is 0 Å². The molecule has 14 heavy (non-hydrogen) atoms. The first kappa shape index (κ1) is 12.0. The fourth-order valence-electron chi connectivity index (χ4n) is 2.56. The maximum absolute atomic E-state index is 3.38. The van der Waals surface area contributed by atoms with Crippen molar-refractivity contribution in [3.63, 3.8) is 0 Å². The van der Waals surface area contributed by atoms with Gasteiger partial charge in [0.1, 0.15) is 0 Å². The first-order valence-corrected chi connectivity index (χ1v) is 5.84. The highest BCUT2D eigenvalue weighted by Gasteiger charge is 2.26. The molecule has 0 amide bonds. The van der Waals surface area contributed by atoms with Crippen LogP contribution in [0, 0.1) is 11.8 Å². The number of hydrogen-bond acceptors (Lipinski definition) is 2. The second kappa shape index (κ2) is 4.63. The topological polar surface area (TPSA) is 15.3 Å². The quantitative estimate of drug-likeness (QED) is 0.746. The van der Waals surface area contributed by atoms with Gasteiger partial charge in [-0.3, -0.25) is 0 Å². The van der Waals surface area contributed by atoms with Crippen molar-refractivity contribution in [1.29, 1.82) is 0 Å². The third kappa shape index (κ3) is 3.58. The summed E-state index contributed by atoms with van der Waals surface area (Å²) in [6.07, 6.45) is 1.40. The van der Waals surface area contributed by atoms with E-state index in [1.54, 1.807) is 0 Å². The van der Waals surface area contributed by atoms with E-state index in [-0.39, 0.29) is 5.54 Å². The van der Waals surface area contributed by atoms with E-state index in [2.05, 4.69) is 45.0 Å². The third-order valence-corrected chi connectivity index (χ3v) is 3.24. The molecule has 0 bridgehead atoms. The van der Waals surface area contributed by atoms with Crippen molar-refractivity contribution in [2.45, 2.75) is 39.7 Å². The predicted octanol–water partition coefficient (Wildman–Crippen LogP) is 1.96. The molecule has 1 aliphatic rings. The minimum absolute atomic E-state index is 0.247. The zero-order valence-corrected chi connectivity index (χ0v) is 10.4. The van der Waals surface area contributed by atoms with Crippen LogP contribution in [0.3, 0.4) is 0 Å². The van der Waals surface area contributed by atoms with E-state index in [1.165, 1.54) is 19.5 Å². The summed E-state index contributed by atoms with van der Waals surface area (Å²) in [4.78, 5) is 2.61. The van der Waals surface area contributed by atoms with Crippen LogP contribution in [0.1, 0.15) is 34.1 Å². The van der Waals surface area contributed by atoms with Crippen LogP contribution in [-0.4, -0.2) is 37.1 Å². The number of likely N-dealkylation sites (N-methyl/N-ethyl adjacent to an activating group) is 1. The second-order valence-corrected chi connectivity index (χ2v) is 5.77. The average Bonchev–Trinajstić information content (AvgIpc) is 2.01. The van der Waals surface area contributed by atoms with Crippen molar-refractivity contribution in [3.05, 3.63) is 0 Å². The Hall–Kier alpha value is -0.0800. The van der Waals surface area contributed by atoms with Crippen molar-refractivity contribution in [2.24, 2.45) is 11.8 Å². The second-order valence-electron chi connectivity index (χ2n) is 5.77. The molecule has 1 heterocycles. The van der Waals surface area contributed by atoms with Gasteiger partial charge in [-0.25, -0.2) is 0 Å². The highest BCUT2D eigenvalue weighted by Crippen LogP contribution is 2.22. The largest absolute Gasteiger partial charge is 0.314 e. The molecule has 0 radical (unpaired) electrons. The molecule has 84 valence electrons. The molecule has 1 saturated heterocycles. The molecule has 1 aliphatic heterocycles. The molecule has 0 aromatic heterocycles. The van der Waals surface area contributed by atoms with Crippen molar-refractivity contribution in [3.8, 4) is 0 Å². The maximum atomic E-state index is 3.38. The Kier molecular flexibility index (Phi) is 3.96. The summed E-state index contributed by atoms with van der Waals surface area (Å²) in [6, 6.07) is 0. The molecular formula is C12H26N2. The normalized spacial score (nSPS) is 30.6. The van der Waals surface area contributed by atoms with Crippen LogP contribution in [0.5, 0.6) is 0 Å². The maximum Gasteiger partial charge on any atom is 0.0249 e. The van der Waals surface area contributed by atoms with Crippen molar-refractivity contribution in [2.75, 3.05) is 26.7 Å². The molecular weight excluding hydrogens is 172 g/mol. The van der Waals surface area contributed by atoms with Gasteiger partial charge in [-0.1, -0.05) is 13.8 Å². The average molecular weight is 198 g/mol. The van der Waals surface area contributed by atoms with E-state index in [1.807, 2.05) is 0 Å². The smallest absolute Gasteiger partial charge is 0.0249 e. The minimum Gasteiger partial charge on any atom is -0.314 e. The van der Waals surface area contributed by atoms with Crippen LogP contribution in [0.4, 0.5) is 0 Å². The Bertz CT molecular complexity index is 167. The molecule has 0 spiro atoms. The number of rotatable bonds is 3. The van der Waals surface area contributed by atoms with Crippen LogP contribution in [-0.2, 0) is 0 Å². The van der Waals surface area contributed by atoms with E-state index >= 15 is 0 Å². The van der Waals surface area contributed by atoms with E-state index in [0.29, 0.717) is 0 Å². The lowest BCUT2D eigenvalue weighted by Crippen LogP contribution is -2.51. The van der Waals surface area contributed by atoms with Gasteiger partial charge in [-0.05, 0) is 39.2 Å². The fraction of sp³-hybridized carbons (Fsp3) is 1.00. The van der Waals surface area contributed by atoms with Gasteiger partial charge in [-0.15, -0.1) is 0 Å². The molecule has 0 aromatic rings. The fourth-order valence-corrected chi connectivity index (χ4v) is 2.56. The van der Waals surface area contributed by atoms with Gasteiger partial charge < -0.3 is 10.2 Å². The zero-order chi connectivity index (χ0) is 10.8. The number of nitrogens with zero attached hydrogens (tertiary/aromatic N) is 1. The summed E-state index contributed by atoms with van der Waals surface area (Å²) >= 11 is 0. The molecule has 1 N–H and O–H groups in total. The summed E-state index contributed by atoms with van der Waals surface area (Å²) in [5, 5.41) is 3.38. The number of hydrogen-bond donors (Lipinski definition) is 1. The predicted molar refractivity (Wildman–Crippen MR) is 62.5 cm³/mol. The van der Waals surface area contributed by atoms with Gasteiger partial charge in [0, 0.05) is 25.2 Å². The van der Waals surface area contributed by atoms with Crippen LogP contribution in [0.15, 0.2) is 0 Å². The molecule has 0 aliphatic carbocycles. The van der Waals surface area contributed by atoms with Crippen molar-refractivity contribution in [1.82, 2.24) is 10.2 Å². The number of piperidine rings is 1. The Morgan fingerprint density at radius 2 is 1.71 bits per heavy atom. The minimum atomic E-state index is 0.247. The number of nitrogens with one attached hydrogen (secondary N) is 1. The van der Waals surface area contributed by atoms with Gasteiger partial charge in [0.2, 0.25) is 0 Å². The molecule has 2 heteroatoms. The molecule has 0 saturated carbocycles. The first-order chi connectivity index (χ1) is 6.43. The first-order valence-electron chi connectivity index (χ1n) is 5.84. The van der Waals surface area contributed by atoms with Gasteiger partial charge in [0.05, 0.1) is 0 Å². The molecule has 1 rings (SSSR count). The van der Waals surface area contributed by atoms with Gasteiger partial charge in [-0.2, -0.15) is 0 Å². The molecule has 2 atom stereocenters.